The van der Waals surface area contributed by atoms with Gasteiger partial charge < -0.3 is 25.5 Å². The molecule has 5 aliphatic carbocycles. The van der Waals surface area contributed by atoms with Crippen molar-refractivity contribution < 1.29 is 25.5 Å². The molecule has 34 heavy (non-hydrogen) atoms. The monoisotopic (exact) mass is 476 g/mol. The molecule has 4 fully saturated rings. The lowest BCUT2D eigenvalue weighted by molar-refractivity contribution is -0.260. The lowest BCUT2D eigenvalue weighted by Crippen LogP contribution is -2.70. The first kappa shape index (κ1) is 25.2. The van der Waals surface area contributed by atoms with E-state index in [-0.39, 0.29) is 58.7 Å². The van der Waals surface area contributed by atoms with Crippen LogP contribution in [0.25, 0.3) is 0 Å². The van der Waals surface area contributed by atoms with Crippen LogP contribution in [0.5, 0.6) is 0 Å². The lowest BCUT2D eigenvalue weighted by Gasteiger charge is -2.71. The summed E-state index contributed by atoms with van der Waals surface area (Å²) in [7, 11) is 0. The summed E-state index contributed by atoms with van der Waals surface area (Å²) in [6.45, 7) is 11.0. The highest BCUT2D eigenvalue weighted by atomic mass is 16.3. The van der Waals surface area contributed by atoms with Crippen LogP contribution in [-0.2, 0) is 0 Å². The van der Waals surface area contributed by atoms with Crippen LogP contribution in [0.15, 0.2) is 12.2 Å². The van der Waals surface area contributed by atoms with Crippen molar-refractivity contribution in [2.75, 3.05) is 13.2 Å². The molecule has 0 aromatic heterocycles. The van der Waals surface area contributed by atoms with E-state index >= 15 is 0 Å². The molecule has 0 unspecified atom stereocenters. The van der Waals surface area contributed by atoms with E-state index in [4.69, 9.17) is 0 Å². The summed E-state index contributed by atoms with van der Waals surface area (Å²) in [5.41, 5.74) is -1.24. The normalized spacial score (nSPS) is 55.5. The molecule has 0 bridgehead atoms. The average molecular weight is 477 g/mol. The van der Waals surface area contributed by atoms with Crippen LogP contribution in [0.3, 0.4) is 0 Å². The third-order valence-electron chi connectivity index (χ3n) is 12.8. The fourth-order valence-corrected chi connectivity index (χ4v) is 10.7. The minimum Gasteiger partial charge on any atom is -0.396 e. The van der Waals surface area contributed by atoms with E-state index in [1.165, 1.54) is 6.42 Å². The van der Waals surface area contributed by atoms with Crippen LogP contribution in [0.2, 0.25) is 0 Å². The summed E-state index contributed by atoms with van der Waals surface area (Å²) in [6.07, 6.45) is 9.96. The molecule has 5 heteroatoms. The van der Waals surface area contributed by atoms with E-state index < -0.39 is 17.6 Å². The van der Waals surface area contributed by atoms with Crippen molar-refractivity contribution in [1.29, 1.82) is 0 Å². The highest BCUT2D eigenvalue weighted by Gasteiger charge is 2.71. The third-order valence-corrected chi connectivity index (χ3v) is 12.8. The van der Waals surface area contributed by atoms with Gasteiger partial charge in [0.05, 0.1) is 31.5 Å². The maximum atomic E-state index is 11.9. The van der Waals surface area contributed by atoms with Gasteiger partial charge in [-0.2, -0.15) is 0 Å². The first-order chi connectivity index (χ1) is 15.8. The Labute approximate surface area is 205 Å². The standard InChI is InChI=1S/C29H48O5/c1-24(2)10-12-28(15-24)13-11-26(4)18(22(28)33)6-7-20-25(3)14-19(32)23(34)29(16-30,17-31)21(25)8-9-27(20,26)5/h6-7,18-23,30-34H,8-17H2,1-5H3/t18-,19-,20-,21-,22-,23-,25-,26-,27-,28+/m1/s1. The molecular formula is C29H48O5. The van der Waals surface area contributed by atoms with Gasteiger partial charge in [-0.15, -0.1) is 0 Å². The summed E-state index contributed by atoms with van der Waals surface area (Å²) >= 11 is 0. The van der Waals surface area contributed by atoms with Crippen LogP contribution in [-0.4, -0.2) is 57.1 Å². The predicted octanol–water partition coefficient (Wildman–Crippen LogP) is 3.67. The molecule has 5 N–H and O–H groups in total. The van der Waals surface area contributed by atoms with Crippen molar-refractivity contribution in [2.24, 2.45) is 50.2 Å². The minimum atomic E-state index is -1.12. The molecule has 1 spiro atoms. The van der Waals surface area contributed by atoms with Gasteiger partial charge >= 0.3 is 0 Å². The SMILES string of the molecule is CC1(C)CC[C@]2(CC[C@]3(C)[C@H](C=C[C@@H]4[C@@]5(C)C[C@@H](O)[C@@H](O)C(CO)(CO)[C@@H]5CC[C@]43C)[C@H]2O)C1. The van der Waals surface area contributed by atoms with Crippen molar-refractivity contribution >= 4 is 0 Å². The summed E-state index contributed by atoms with van der Waals surface area (Å²) in [5, 5.41) is 54.5. The van der Waals surface area contributed by atoms with Crippen LogP contribution in [0, 0.1) is 50.2 Å². The molecule has 0 aromatic rings. The number of hydrogen-bond acceptors (Lipinski definition) is 5. The number of allylic oxidation sites excluding steroid dienone is 1. The van der Waals surface area contributed by atoms with Gasteiger partial charge in [0, 0.05) is 11.3 Å². The smallest absolute Gasteiger partial charge is 0.0902 e. The van der Waals surface area contributed by atoms with Crippen molar-refractivity contribution in [3.05, 3.63) is 12.2 Å². The highest BCUT2D eigenvalue weighted by molar-refractivity contribution is 5.27. The van der Waals surface area contributed by atoms with Crippen molar-refractivity contribution in [3.8, 4) is 0 Å². The van der Waals surface area contributed by atoms with Crippen LogP contribution < -0.4 is 0 Å². The molecular weight excluding hydrogens is 428 g/mol. The first-order valence-electron chi connectivity index (χ1n) is 13.7. The summed E-state index contributed by atoms with van der Waals surface area (Å²) in [6, 6.07) is 0. The zero-order valence-electron chi connectivity index (χ0n) is 21.9. The molecule has 0 aromatic carbocycles. The molecule has 5 rings (SSSR count). The molecule has 10 atom stereocenters. The molecule has 4 saturated carbocycles. The maximum Gasteiger partial charge on any atom is 0.0902 e. The maximum absolute atomic E-state index is 11.9. The van der Waals surface area contributed by atoms with Crippen LogP contribution in [0.1, 0.15) is 86.0 Å². The second-order valence-electron chi connectivity index (χ2n) is 14.7. The van der Waals surface area contributed by atoms with Crippen molar-refractivity contribution in [2.45, 2.75) is 104 Å². The van der Waals surface area contributed by atoms with Gasteiger partial charge in [-0.3, -0.25) is 0 Å². The largest absolute Gasteiger partial charge is 0.396 e. The number of aliphatic hydroxyl groups excluding tert-OH is 5. The van der Waals surface area contributed by atoms with Crippen LogP contribution in [0.4, 0.5) is 0 Å². The molecule has 0 aliphatic heterocycles. The Morgan fingerprint density at radius 2 is 1.41 bits per heavy atom. The summed E-state index contributed by atoms with van der Waals surface area (Å²) in [4.78, 5) is 0. The van der Waals surface area contributed by atoms with E-state index in [9.17, 15) is 25.5 Å². The minimum absolute atomic E-state index is 0.0242. The Morgan fingerprint density at radius 3 is 2.00 bits per heavy atom. The number of aliphatic hydroxyl groups is 5. The Balaban J connectivity index is 1.56. The highest BCUT2D eigenvalue weighted by Crippen LogP contribution is 2.74. The van der Waals surface area contributed by atoms with Gasteiger partial charge in [-0.05, 0) is 90.3 Å². The number of rotatable bonds is 2. The van der Waals surface area contributed by atoms with Gasteiger partial charge in [0.2, 0.25) is 0 Å². The van der Waals surface area contributed by atoms with E-state index in [1.54, 1.807) is 0 Å². The van der Waals surface area contributed by atoms with Gasteiger partial charge in [0.25, 0.3) is 0 Å². The van der Waals surface area contributed by atoms with Gasteiger partial charge in [-0.25, -0.2) is 0 Å². The van der Waals surface area contributed by atoms with Crippen molar-refractivity contribution in [3.63, 3.8) is 0 Å². The van der Waals surface area contributed by atoms with Gasteiger partial charge in [-0.1, -0.05) is 46.8 Å². The molecule has 0 saturated heterocycles. The Bertz CT molecular complexity index is 849. The Hall–Kier alpha value is -0.460. The molecule has 0 heterocycles. The quantitative estimate of drug-likeness (QED) is 0.392. The summed E-state index contributed by atoms with van der Waals surface area (Å²) < 4.78 is 0. The molecule has 0 amide bonds. The van der Waals surface area contributed by atoms with E-state index in [0.29, 0.717) is 11.8 Å². The number of hydrogen-bond donors (Lipinski definition) is 5. The van der Waals surface area contributed by atoms with E-state index in [0.717, 1.165) is 38.5 Å². The Morgan fingerprint density at radius 1 is 0.765 bits per heavy atom. The molecule has 0 radical (unpaired) electrons. The van der Waals surface area contributed by atoms with E-state index in [2.05, 4.69) is 46.8 Å². The van der Waals surface area contributed by atoms with E-state index in [1.807, 2.05) is 0 Å². The number of fused-ring (bicyclic) bond motifs is 5. The lowest BCUT2D eigenvalue weighted by atomic mass is 9.34. The zero-order valence-corrected chi connectivity index (χ0v) is 21.9. The fraction of sp³-hybridized carbons (Fsp3) is 0.931. The molecule has 5 aliphatic rings. The second kappa shape index (κ2) is 7.54. The van der Waals surface area contributed by atoms with Gasteiger partial charge in [0.1, 0.15) is 0 Å². The Kier molecular flexibility index (Phi) is 5.59. The third kappa shape index (κ3) is 2.91. The van der Waals surface area contributed by atoms with Crippen molar-refractivity contribution in [1.82, 2.24) is 0 Å². The first-order valence-corrected chi connectivity index (χ1v) is 13.7. The molecule has 194 valence electrons. The fourth-order valence-electron chi connectivity index (χ4n) is 10.7. The van der Waals surface area contributed by atoms with Crippen LogP contribution >= 0.6 is 0 Å². The predicted molar refractivity (Wildman–Crippen MR) is 132 cm³/mol. The second-order valence-corrected chi connectivity index (χ2v) is 14.7. The van der Waals surface area contributed by atoms with Gasteiger partial charge in [0.15, 0.2) is 0 Å². The summed E-state index contributed by atoms with van der Waals surface area (Å²) in [5.74, 6) is 0.198. The average Bonchev–Trinajstić information content (AvgIpc) is 3.09. The molecule has 5 nitrogen and oxygen atoms in total. The topological polar surface area (TPSA) is 101 Å². The zero-order chi connectivity index (χ0) is 24.9.